The first-order valence-electron chi connectivity index (χ1n) is 6.35. The summed E-state index contributed by atoms with van der Waals surface area (Å²) in [7, 11) is 5.82. The minimum atomic E-state index is 0.702. The third-order valence-corrected chi connectivity index (χ3v) is 3.28. The van der Waals surface area contributed by atoms with Crippen molar-refractivity contribution in [3.05, 3.63) is 36.5 Å². The average Bonchev–Trinajstić information content (AvgIpc) is 2.82. The normalized spacial score (nSPS) is 10.7. The van der Waals surface area contributed by atoms with Crippen molar-refractivity contribution in [1.82, 2.24) is 4.57 Å². The van der Waals surface area contributed by atoms with Crippen LogP contribution in [0.5, 0.6) is 0 Å². The van der Waals surface area contributed by atoms with Crippen molar-refractivity contribution in [2.24, 2.45) is 7.05 Å². The monoisotopic (exact) mass is 259 g/mol. The smallest absolute Gasteiger partial charge is 0.0637 e. The highest BCUT2D eigenvalue weighted by molar-refractivity contribution is 5.79. The van der Waals surface area contributed by atoms with Gasteiger partial charge in [0.05, 0.1) is 6.61 Å². The van der Waals surface area contributed by atoms with E-state index in [4.69, 9.17) is 10.5 Å². The predicted molar refractivity (Wildman–Crippen MR) is 80.4 cm³/mol. The molecule has 0 atom stereocenters. The molecule has 0 aliphatic rings. The Balaban J connectivity index is 2.41. The number of hydrogen-bond acceptors (Lipinski definition) is 3. The Bertz CT molecular complexity index is 548. The number of nitrogen functional groups attached to an aromatic ring is 1. The molecule has 1 heterocycles. The lowest BCUT2D eigenvalue weighted by Gasteiger charge is -2.23. The molecule has 19 heavy (non-hydrogen) atoms. The third kappa shape index (κ3) is 2.90. The van der Waals surface area contributed by atoms with Crippen LogP contribution in [-0.4, -0.2) is 31.9 Å². The lowest BCUT2D eigenvalue weighted by molar-refractivity contribution is 0.206. The maximum Gasteiger partial charge on any atom is 0.0637 e. The van der Waals surface area contributed by atoms with Crippen molar-refractivity contribution in [1.29, 1.82) is 0 Å². The van der Waals surface area contributed by atoms with E-state index in [1.54, 1.807) is 7.11 Å². The molecule has 0 aliphatic heterocycles. The molecule has 0 fully saturated rings. The fraction of sp³-hybridized carbons (Fsp3) is 0.333. The molecule has 0 aliphatic carbocycles. The van der Waals surface area contributed by atoms with Crippen molar-refractivity contribution in [2.75, 3.05) is 37.9 Å². The maximum atomic E-state index is 5.93. The lowest BCUT2D eigenvalue weighted by atomic mass is 10.1. The van der Waals surface area contributed by atoms with Crippen LogP contribution in [0, 0.1) is 0 Å². The van der Waals surface area contributed by atoms with E-state index in [0.717, 1.165) is 29.2 Å². The van der Waals surface area contributed by atoms with Crippen molar-refractivity contribution in [3.63, 3.8) is 0 Å². The average molecular weight is 259 g/mol. The number of rotatable bonds is 5. The number of nitrogens with two attached hydrogens (primary N) is 1. The van der Waals surface area contributed by atoms with Crippen LogP contribution >= 0.6 is 0 Å². The molecule has 2 aromatic rings. The van der Waals surface area contributed by atoms with Crippen molar-refractivity contribution in [2.45, 2.75) is 0 Å². The van der Waals surface area contributed by atoms with Gasteiger partial charge in [-0.2, -0.15) is 0 Å². The van der Waals surface area contributed by atoms with Crippen LogP contribution in [0.1, 0.15) is 0 Å². The molecule has 4 heteroatoms. The van der Waals surface area contributed by atoms with E-state index in [0.29, 0.717) is 6.61 Å². The van der Waals surface area contributed by atoms with Crippen molar-refractivity contribution >= 4 is 11.4 Å². The first kappa shape index (κ1) is 13.5. The van der Waals surface area contributed by atoms with Gasteiger partial charge in [-0.3, -0.25) is 0 Å². The Morgan fingerprint density at radius 3 is 2.74 bits per heavy atom. The van der Waals surface area contributed by atoms with Crippen LogP contribution in [0.4, 0.5) is 11.4 Å². The van der Waals surface area contributed by atoms with Crippen molar-refractivity contribution in [3.8, 4) is 11.3 Å². The number of nitrogens with zero attached hydrogens (tertiary/aromatic N) is 2. The number of ether oxygens (including phenoxy) is 1. The van der Waals surface area contributed by atoms with Crippen LogP contribution in [0.2, 0.25) is 0 Å². The third-order valence-electron chi connectivity index (χ3n) is 3.28. The van der Waals surface area contributed by atoms with E-state index in [1.165, 1.54) is 0 Å². The van der Waals surface area contributed by atoms with Gasteiger partial charge >= 0.3 is 0 Å². The van der Waals surface area contributed by atoms with Gasteiger partial charge in [0.2, 0.25) is 0 Å². The van der Waals surface area contributed by atoms with Gasteiger partial charge in [0.1, 0.15) is 0 Å². The summed E-state index contributed by atoms with van der Waals surface area (Å²) in [6, 6.07) is 10.2. The van der Waals surface area contributed by atoms with Crippen LogP contribution in [0.15, 0.2) is 36.5 Å². The molecule has 1 aromatic carbocycles. The quantitative estimate of drug-likeness (QED) is 0.838. The molecule has 0 spiro atoms. The van der Waals surface area contributed by atoms with Gasteiger partial charge in [-0.1, -0.05) is 0 Å². The summed E-state index contributed by atoms with van der Waals surface area (Å²) in [6.45, 7) is 1.55. The molecule has 2 N–H and O–H groups in total. The zero-order valence-corrected chi connectivity index (χ0v) is 11.8. The van der Waals surface area contributed by atoms with Gasteiger partial charge in [0.25, 0.3) is 0 Å². The first-order chi connectivity index (χ1) is 9.13. The van der Waals surface area contributed by atoms with Crippen molar-refractivity contribution < 1.29 is 4.74 Å². The standard InChI is InChI=1S/C15H21N3O/c1-17-8-4-5-14(17)13-11-12(16)6-7-15(13)18(2)9-10-19-3/h4-8,11H,9-10,16H2,1-3H3. The van der Waals surface area contributed by atoms with Gasteiger partial charge in [-0.15, -0.1) is 0 Å². The van der Waals surface area contributed by atoms with Gasteiger partial charge in [-0.05, 0) is 30.3 Å². The number of aryl methyl sites for hydroxylation is 1. The summed E-state index contributed by atoms with van der Waals surface area (Å²) in [6.07, 6.45) is 2.04. The van der Waals surface area contributed by atoms with Crippen LogP contribution in [0.3, 0.4) is 0 Å². The summed E-state index contributed by atoms with van der Waals surface area (Å²) in [5.74, 6) is 0. The summed E-state index contributed by atoms with van der Waals surface area (Å²) < 4.78 is 7.24. The molecule has 0 bridgehead atoms. The van der Waals surface area contributed by atoms with E-state index >= 15 is 0 Å². The SMILES string of the molecule is COCCN(C)c1ccc(N)cc1-c1cccn1C. The van der Waals surface area contributed by atoms with E-state index in [2.05, 4.69) is 28.6 Å². The first-order valence-corrected chi connectivity index (χ1v) is 6.35. The zero-order chi connectivity index (χ0) is 13.8. The second kappa shape index (κ2) is 5.80. The lowest BCUT2D eigenvalue weighted by Crippen LogP contribution is -2.22. The molecule has 1 aromatic heterocycles. The molecule has 0 radical (unpaired) electrons. The van der Waals surface area contributed by atoms with Gasteiger partial charge in [0.15, 0.2) is 0 Å². The molecule has 0 amide bonds. The fourth-order valence-electron chi connectivity index (χ4n) is 2.18. The Kier molecular flexibility index (Phi) is 4.12. The molecule has 2 rings (SSSR count). The number of likely N-dealkylation sites (N-methyl/N-ethyl adjacent to an activating group) is 1. The molecule has 0 unspecified atom stereocenters. The maximum absolute atomic E-state index is 5.93. The number of anilines is 2. The second-order valence-electron chi connectivity index (χ2n) is 4.70. The number of methoxy groups -OCH3 is 1. The van der Waals surface area contributed by atoms with E-state index < -0.39 is 0 Å². The number of hydrogen-bond donors (Lipinski definition) is 1. The number of aromatic nitrogens is 1. The molecule has 0 saturated heterocycles. The highest BCUT2D eigenvalue weighted by atomic mass is 16.5. The summed E-state index contributed by atoms with van der Waals surface area (Å²) in [5, 5.41) is 0. The highest BCUT2D eigenvalue weighted by Gasteiger charge is 2.11. The van der Waals surface area contributed by atoms with E-state index in [9.17, 15) is 0 Å². The fourth-order valence-corrected chi connectivity index (χ4v) is 2.18. The molecular weight excluding hydrogens is 238 g/mol. The Hall–Kier alpha value is -1.94. The minimum absolute atomic E-state index is 0.702. The summed E-state index contributed by atoms with van der Waals surface area (Å²) in [5.41, 5.74) is 10.2. The Morgan fingerprint density at radius 2 is 2.11 bits per heavy atom. The summed E-state index contributed by atoms with van der Waals surface area (Å²) >= 11 is 0. The zero-order valence-electron chi connectivity index (χ0n) is 11.8. The minimum Gasteiger partial charge on any atom is -0.399 e. The van der Waals surface area contributed by atoms with Crippen LogP contribution < -0.4 is 10.6 Å². The topological polar surface area (TPSA) is 43.4 Å². The molecule has 102 valence electrons. The second-order valence-corrected chi connectivity index (χ2v) is 4.70. The van der Waals surface area contributed by atoms with Crippen LogP contribution in [0.25, 0.3) is 11.3 Å². The summed E-state index contributed by atoms with van der Waals surface area (Å²) in [4.78, 5) is 2.19. The largest absolute Gasteiger partial charge is 0.399 e. The van der Waals surface area contributed by atoms with Crippen LogP contribution in [-0.2, 0) is 11.8 Å². The predicted octanol–water partition coefficient (Wildman–Crippen LogP) is 2.36. The molecular formula is C15H21N3O. The Morgan fingerprint density at radius 1 is 1.32 bits per heavy atom. The highest BCUT2D eigenvalue weighted by Crippen LogP contribution is 2.32. The molecule has 4 nitrogen and oxygen atoms in total. The van der Waals surface area contributed by atoms with E-state index in [-0.39, 0.29) is 0 Å². The molecule has 0 saturated carbocycles. The van der Waals surface area contributed by atoms with E-state index in [1.807, 2.05) is 31.4 Å². The number of benzene rings is 1. The Labute approximate surface area is 114 Å². The van der Waals surface area contributed by atoms with Gasteiger partial charge in [-0.25, -0.2) is 0 Å². The van der Waals surface area contributed by atoms with Gasteiger partial charge < -0.3 is 19.9 Å². The van der Waals surface area contributed by atoms with Gasteiger partial charge in [0, 0.05) is 56.6 Å².